The van der Waals surface area contributed by atoms with Crippen LogP contribution < -0.4 is 10.9 Å². The number of rotatable bonds is 4. The molecule has 2 aromatic carbocycles. The lowest BCUT2D eigenvalue weighted by molar-refractivity contribution is -0.122. The zero-order valence-corrected chi connectivity index (χ0v) is 12.8. The molecule has 1 aromatic heterocycles. The molecule has 1 heterocycles. The first kappa shape index (κ1) is 15.0. The van der Waals surface area contributed by atoms with Gasteiger partial charge in [0, 0.05) is 0 Å². The number of hydrogen-bond donors (Lipinski definition) is 1. The molecule has 0 radical (unpaired) electrons. The van der Waals surface area contributed by atoms with Crippen LogP contribution in [0.1, 0.15) is 18.5 Å². The van der Waals surface area contributed by atoms with E-state index in [-0.39, 0.29) is 24.1 Å². The highest BCUT2D eigenvalue weighted by molar-refractivity contribution is 5.79. The average molecular weight is 307 g/mol. The first-order chi connectivity index (χ1) is 11.1. The maximum atomic E-state index is 12.4. The van der Waals surface area contributed by atoms with Crippen molar-refractivity contribution in [3.63, 3.8) is 0 Å². The van der Waals surface area contributed by atoms with E-state index < -0.39 is 0 Å². The van der Waals surface area contributed by atoms with Crippen molar-refractivity contribution >= 4 is 16.8 Å². The Morgan fingerprint density at radius 2 is 1.83 bits per heavy atom. The van der Waals surface area contributed by atoms with Crippen molar-refractivity contribution in [2.75, 3.05) is 0 Å². The normalized spacial score (nSPS) is 12.0. The van der Waals surface area contributed by atoms with E-state index >= 15 is 0 Å². The van der Waals surface area contributed by atoms with Gasteiger partial charge in [-0.2, -0.15) is 0 Å². The van der Waals surface area contributed by atoms with Crippen LogP contribution in [-0.4, -0.2) is 15.5 Å². The molecule has 0 fully saturated rings. The summed E-state index contributed by atoms with van der Waals surface area (Å²) < 4.78 is 1.33. The molecule has 0 aliphatic rings. The average Bonchev–Trinajstić information content (AvgIpc) is 2.58. The summed E-state index contributed by atoms with van der Waals surface area (Å²) in [6.07, 6.45) is 1.41. The monoisotopic (exact) mass is 307 g/mol. The van der Waals surface area contributed by atoms with Crippen molar-refractivity contribution in [2.24, 2.45) is 0 Å². The van der Waals surface area contributed by atoms with Gasteiger partial charge in [0.2, 0.25) is 5.91 Å². The molecular formula is C18H17N3O2. The summed E-state index contributed by atoms with van der Waals surface area (Å²) in [4.78, 5) is 28.8. The second kappa shape index (κ2) is 6.44. The smallest absolute Gasteiger partial charge is 0.261 e. The van der Waals surface area contributed by atoms with E-state index in [0.717, 1.165) is 5.56 Å². The van der Waals surface area contributed by atoms with Crippen molar-refractivity contribution < 1.29 is 4.79 Å². The molecule has 0 bridgehead atoms. The third-order valence-corrected chi connectivity index (χ3v) is 3.72. The zero-order chi connectivity index (χ0) is 16.2. The molecule has 0 saturated carbocycles. The maximum absolute atomic E-state index is 12.4. The molecule has 0 unspecified atom stereocenters. The summed E-state index contributed by atoms with van der Waals surface area (Å²) in [5, 5.41) is 3.41. The van der Waals surface area contributed by atoms with Gasteiger partial charge in [0.15, 0.2) is 0 Å². The number of hydrogen-bond acceptors (Lipinski definition) is 3. The standard InChI is InChI=1S/C18H17N3O2/c1-13(14-7-3-2-4-8-14)20-17(22)11-21-12-19-16-10-6-5-9-15(16)18(21)23/h2-10,12-13H,11H2,1H3,(H,20,22)/t13-/m1/s1. The highest BCUT2D eigenvalue weighted by atomic mass is 16.2. The summed E-state index contributed by atoms with van der Waals surface area (Å²) >= 11 is 0. The second-order valence-electron chi connectivity index (χ2n) is 5.39. The van der Waals surface area contributed by atoms with Gasteiger partial charge < -0.3 is 5.32 Å². The van der Waals surface area contributed by atoms with Gasteiger partial charge in [0.1, 0.15) is 6.54 Å². The van der Waals surface area contributed by atoms with Crippen LogP contribution in [0.15, 0.2) is 65.7 Å². The number of nitrogens with zero attached hydrogens (tertiary/aromatic N) is 2. The molecule has 3 aromatic rings. The number of para-hydroxylation sites is 1. The van der Waals surface area contributed by atoms with Crippen molar-refractivity contribution in [1.82, 2.24) is 14.9 Å². The predicted octanol–water partition coefficient (Wildman–Crippen LogP) is 2.27. The Morgan fingerprint density at radius 1 is 1.13 bits per heavy atom. The van der Waals surface area contributed by atoms with Gasteiger partial charge in [-0.05, 0) is 24.6 Å². The first-order valence-corrected chi connectivity index (χ1v) is 7.43. The SMILES string of the molecule is C[C@@H](NC(=O)Cn1cnc2ccccc2c1=O)c1ccccc1. The molecule has 0 saturated heterocycles. The topological polar surface area (TPSA) is 64.0 Å². The van der Waals surface area contributed by atoms with Crippen LogP contribution in [-0.2, 0) is 11.3 Å². The van der Waals surface area contributed by atoms with Crippen molar-refractivity contribution in [2.45, 2.75) is 19.5 Å². The number of nitrogens with one attached hydrogen (secondary N) is 1. The van der Waals surface area contributed by atoms with Gasteiger partial charge >= 0.3 is 0 Å². The molecule has 5 nitrogen and oxygen atoms in total. The van der Waals surface area contributed by atoms with Crippen molar-refractivity contribution in [1.29, 1.82) is 0 Å². The number of carbonyl (C=O) groups excluding carboxylic acids is 1. The number of benzene rings is 2. The molecule has 116 valence electrons. The van der Waals surface area contributed by atoms with Crippen LogP contribution in [0, 0.1) is 0 Å². The molecule has 0 aliphatic carbocycles. The van der Waals surface area contributed by atoms with Crippen LogP contribution in [0.2, 0.25) is 0 Å². The highest BCUT2D eigenvalue weighted by Gasteiger charge is 2.11. The largest absolute Gasteiger partial charge is 0.348 e. The molecule has 0 aliphatic heterocycles. The third-order valence-electron chi connectivity index (χ3n) is 3.72. The number of carbonyl (C=O) groups is 1. The molecule has 0 spiro atoms. The minimum Gasteiger partial charge on any atom is -0.348 e. The number of fused-ring (bicyclic) bond motifs is 1. The molecule has 23 heavy (non-hydrogen) atoms. The van der Waals surface area contributed by atoms with Gasteiger partial charge in [-0.1, -0.05) is 42.5 Å². The van der Waals surface area contributed by atoms with Gasteiger partial charge in [-0.3, -0.25) is 14.2 Å². The second-order valence-corrected chi connectivity index (χ2v) is 5.39. The quantitative estimate of drug-likeness (QED) is 0.804. The molecule has 1 N–H and O–H groups in total. The Hall–Kier alpha value is -2.95. The lowest BCUT2D eigenvalue weighted by Crippen LogP contribution is -2.33. The Morgan fingerprint density at radius 3 is 2.61 bits per heavy atom. The van der Waals surface area contributed by atoms with E-state index in [0.29, 0.717) is 10.9 Å². The number of aromatic nitrogens is 2. The van der Waals surface area contributed by atoms with E-state index in [2.05, 4.69) is 10.3 Å². The van der Waals surface area contributed by atoms with E-state index in [4.69, 9.17) is 0 Å². The predicted molar refractivity (Wildman–Crippen MR) is 89.0 cm³/mol. The Kier molecular flexibility index (Phi) is 4.19. The molecule has 1 amide bonds. The van der Waals surface area contributed by atoms with E-state index in [1.165, 1.54) is 10.9 Å². The van der Waals surface area contributed by atoms with Gasteiger partial charge in [-0.25, -0.2) is 4.98 Å². The fourth-order valence-corrected chi connectivity index (χ4v) is 2.49. The van der Waals surface area contributed by atoms with E-state index in [1.807, 2.05) is 43.3 Å². The highest BCUT2D eigenvalue weighted by Crippen LogP contribution is 2.11. The molecule has 3 rings (SSSR count). The fourth-order valence-electron chi connectivity index (χ4n) is 2.49. The summed E-state index contributed by atoms with van der Waals surface area (Å²) in [5.74, 6) is -0.222. The van der Waals surface area contributed by atoms with E-state index in [9.17, 15) is 9.59 Å². The maximum Gasteiger partial charge on any atom is 0.261 e. The van der Waals surface area contributed by atoms with E-state index in [1.54, 1.807) is 18.2 Å². The Bertz CT molecular complexity index is 887. The van der Waals surface area contributed by atoms with Crippen molar-refractivity contribution in [3.8, 4) is 0 Å². The minimum atomic E-state index is -0.222. The van der Waals surface area contributed by atoms with Crippen LogP contribution in [0.25, 0.3) is 10.9 Å². The Balaban J connectivity index is 1.76. The summed E-state index contributed by atoms with van der Waals surface area (Å²) in [7, 11) is 0. The summed E-state index contributed by atoms with van der Waals surface area (Å²) in [6.45, 7) is 1.86. The number of amides is 1. The Labute approximate surface area is 133 Å². The third kappa shape index (κ3) is 3.29. The van der Waals surface area contributed by atoms with Crippen LogP contribution in [0.5, 0.6) is 0 Å². The zero-order valence-electron chi connectivity index (χ0n) is 12.8. The molecular weight excluding hydrogens is 290 g/mol. The lowest BCUT2D eigenvalue weighted by Gasteiger charge is -2.15. The van der Waals surface area contributed by atoms with Crippen LogP contribution in [0.4, 0.5) is 0 Å². The van der Waals surface area contributed by atoms with Crippen LogP contribution >= 0.6 is 0 Å². The van der Waals surface area contributed by atoms with Crippen molar-refractivity contribution in [3.05, 3.63) is 76.8 Å². The summed E-state index contributed by atoms with van der Waals surface area (Å²) in [5.41, 5.74) is 1.44. The summed E-state index contributed by atoms with van der Waals surface area (Å²) in [6, 6.07) is 16.7. The van der Waals surface area contributed by atoms with Crippen LogP contribution in [0.3, 0.4) is 0 Å². The van der Waals surface area contributed by atoms with Gasteiger partial charge in [0.05, 0.1) is 23.3 Å². The molecule has 5 heteroatoms. The minimum absolute atomic E-state index is 0.0478. The van der Waals surface area contributed by atoms with Gasteiger partial charge in [-0.15, -0.1) is 0 Å². The first-order valence-electron chi connectivity index (χ1n) is 7.43. The van der Waals surface area contributed by atoms with Gasteiger partial charge in [0.25, 0.3) is 5.56 Å². The lowest BCUT2D eigenvalue weighted by atomic mass is 10.1. The fraction of sp³-hybridized carbons (Fsp3) is 0.167. The molecule has 1 atom stereocenters.